The summed E-state index contributed by atoms with van der Waals surface area (Å²) < 4.78 is 23.0. The lowest BCUT2D eigenvalue weighted by atomic mass is 9.78. The third-order valence-electron chi connectivity index (χ3n) is 4.34. The van der Waals surface area contributed by atoms with Crippen LogP contribution in [-0.2, 0) is 9.84 Å². The van der Waals surface area contributed by atoms with Gasteiger partial charge in [0.25, 0.3) is 0 Å². The Morgan fingerprint density at radius 3 is 2.59 bits per heavy atom. The smallest absolute Gasteiger partial charge is 0.151 e. The molecule has 2 aliphatic heterocycles. The Morgan fingerprint density at radius 2 is 1.94 bits per heavy atom. The molecule has 0 aromatic carbocycles. The molecule has 1 N–H and O–H groups in total. The number of hydrogen-bond acceptors (Lipinski definition) is 4. The van der Waals surface area contributed by atoms with Crippen LogP contribution in [0.15, 0.2) is 0 Å². The number of piperidine rings is 1. The summed E-state index contributed by atoms with van der Waals surface area (Å²) in [4.78, 5) is 2.35. The Bertz CT molecular complexity index is 348. The fourth-order valence-electron chi connectivity index (χ4n) is 3.00. The van der Waals surface area contributed by atoms with Crippen molar-refractivity contribution in [1.29, 1.82) is 0 Å². The lowest BCUT2D eigenvalue weighted by molar-refractivity contribution is 0.200. The van der Waals surface area contributed by atoms with Gasteiger partial charge < -0.3 is 10.2 Å². The molecule has 0 aromatic heterocycles. The lowest BCUT2D eigenvalue weighted by Gasteiger charge is -2.33. The quantitative estimate of drug-likeness (QED) is 0.799. The van der Waals surface area contributed by atoms with Crippen molar-refractivity contribution in [3.8, 4) is 0 Å². The number of likely N-dealkylation sites (tertiary alicyclic amines) is 1. The van der Waals surface area contributed by atoms with Gasteiger partial charge in [0, 0.05) is 18.8 Å². The molecule has 0 radical (unpaired) electrons. The molecule has 2 aliphatic rings. The van der Waals surface area contributed by atoms with Gasteiger partial charge in [-0.1, -0.05) is 6.92 Å². The summed E-state index contributed by atoms with van der Waals surface area (Å²) in [6.07, 6.45) is 3.76. The van der Waals surface area contributed by atoms with Crippen LogP contribution in [0.4, 0.5) is 0 Å². The Balaban J connectivity index is 1.82. The number of nitrogens with zero attached hydrogens (tertiary/aromatic N) is 1. The lowest BCUT2D eigenvalue weighted by Crippen LogP contribution is -2.39. The number of nitrogens with one attached hydrogen (secondary N) is 1. The van der Waals surface area contributed by atoms with Crippen molar-refractivity contribution >= 4 is 9.84 Å². The zero-order valence-electron chi connectivity index (χ0n) is 10.7. The van der Waals surface area contributed by atoms with Crippen LogP contribution in [0.25, 0.3) is 0 Å². The van der Waals surface area contributed by atoms with Gasteiger partial charge in [-0.05, 0) is 44.3 Å². The van der Waals surface area contributed by atoms with Crippen LogP contribution in [-0.4, -0.2) is 57.5 Å². The first-order valence-corrected chi connectivity index (χ1v) is 8.51. The van der Waals surface area contributed by atoms with Crippen molar-refractivity contribution in [3.63, 3.8) is 0 Å². The van der Waals surface area contributed by atoms with E-state index in [0.717, 1.165) is 32.7 Å². The van der Waals surface area contributed by atoms with Gasteiger partial charge in [0.1, 0.15) is 0 Å². The highest BCUT2D eigenvalue weighted by molar-refractivity contribution is 7.91. The highest BCUT2D eigenvalue weighted by Gasteiger charge is 2.38. The highest BCUT2D eigenvalue weighted by Crippen LogP contribution is 2.38. The first kappa shape index (κ1) is 13.3. The zero-order valence-corrected chi connectivity index (χ0v) is 11.6. The van der Waals surface area contributed by atoms with Gasteiger partial charge in [0.2, 0.25) is 0 Å². The van der Waals surface area contributed by atoms with Crippen molar-refractivity contribution in [2.45, 2.75) is 26.2 Å². The van der Waals surface area contributed by atoms with Crippen LogP contribution in [0.1, 0.15) is 26.2 Å². The van der Waals surface area contributed by atoms with Crippen molar-refractivity contribution in [2.24, 2.45) is 5.41 Å². The topological polar surface area (TPSA) is 49.4 Å². The molecule has 100 valence electrons. The van der Waals surface area contributed by atoms with Gasteiger partial charge in [0.05, 0.1) is 5.75 Å². The predicted octanol–water partition coefficient (Wildman–Crippen LogP) is 0.497. The fourth-order valence-corrected chi connectivity index (χ4v) is 3.82. The van der Waals surface area contributed by atoms with Crippen LogP contribution < -0.4 is 5.32 Å². The Kier molecular flexibility index (Phi) is 4.10. The molecule has 2 heterocycles. The molecule has 1 spiro atoms. The zero-order chi connectivity index (χ0) is 12.4. The second-order valence-corrected chi connectivity index (χ2v) is 7.99. The normalized spacial score (nSPS) is 25.5. The van der Waals surface area contributed by atoms with E-state index in [1.807, 2.05) is 0 Å². The summed E-state index contributed by atoms with van der Waals surface area (Å²) in [5, 5.41) is 3.40. The van der Waals surface area contributed by atoms with E-state index in [4.69, 9.17) is 0 Å². The molecule has 2 rings (SSSR count). The molecule has 0 bridgehead atoms. The molecule has 0 aliphatic carbocycles. The standard InChI is InChI=1S/C12H24N2O2S/c1-2-17(15,16)10-9-14-8-5-12(11-14)3-6-13-7-4-12/h13H,2-11H2,1H3. The minimum Gasteiger partial charge on any atom is -0.317 e. The molecule has 0 saturated carbocycles. The molecule has 0 amide bonds. The molecule has 5 heteroatoms. The molecule has 4 nitrogen and oxygen atoms in total. The van der Waals surface area contributed by atoms with Gasteiger partial charge >= 0.3 is 0 Å². The fraction of sp³-hybridized carbons (Fsp3) is 1.00. The average molecular weight is 260 g/mol. The SMILES string of the molecule is CCS(=O)(=O)CCN1CCC2(CCNCC2)C1. The summed E-state index contributed by atoms with van der Waals surface area (Å²) in [5.74, 6) is 0.605. The van der Waals surface area contributed by atoms with Crippen LogP contribution in [0.3, 0.4) is 0 Å². The summed E-state index contributed by atoms with van der Waals surface area (Å²) in [6.45, 7) is 6.90. The monoisotopic (exact) mass is 260 g/mol. The Morgan fingerprint density at radius 1 is 1.24 bits per heavy atom. The Labute approximate surface area is 105 Å². The van der Waals surface area contributed by atoms with E-state index < -0.39 is 9.84 Å². The molecular formula is C12H24N2O2S. The number of rotatable bonds is 4. The van der Waals surface area contributed by atoms with Crippen molar-refractivity contribution in [2.75, 3.05) is 44.2 Å². The van der Waals surface area contributed by atoms with Crippen molar-refractivity contribution < 1.29 is 8.42 Å². The maximum atomic E-state index is 11.5. The van der Waals surface area contributed by atoms with Crippen LogP contribution >= 0.6 is 0 Å². The molecular weight excluding hydrogens is 236 g/mol. The van der Waals surface area contributed by atoms with E-state index in [2.05, 4.69) is 10.2 Å². The summed E-state index contributed by atoms with van der Waals surface area (Å²) in [5.41, 5.74) is 0.487. The minimum atomic E-state index is -2.80. The average Bonchev–Trinajstić information content (AvgIpc) is 2.71. The molecule has 0 aromatic rings. The second-order valence-electron chi connectivity index (χ2n) is 5.51. The van der Waals surface area contributed by atoms with Gasteiger partial charge in [-0.25, -0.2) is 8.42 Å². The Hall–Kier alpha value is -0.130. The largest absolute Gasteiger partial charge is 0.317 e. The molecule has 2 saturated heterocycles. The van der Waals surface area contributed by atoms with E-state index in [0.29, 0.717) is 11.2 Å². The highest BCUT2D eigenvalue weighted by atomic mass is 32.2. The molecule has 0 unspecified atom stereocenters. The van der Waals surface area contributed by atoms with E-state index >= 15 is 0 Å². The first-order chi connectivity index (χ1) is 8.05. The van der Waals surface area contributed by atoms with Gasteiger partial charge in [-0.3, -0.25) is 0 Å². The summed E-state index contributed by atoms with van der Waals surface area (Å²) >= 11 is 0. The first-order valence-electron chi connectivity index (χ1n) is 6.69. The van der Waals surface area contributed by atoms with Crippen LogP contribution in [0, 0.1) is 5.41 Å². The van der Waals surface area contributed by atoms with E-state index in [-0.39, 0.29) is 5.75 Å². The second kappa shape index (κ2) is 5.24. The van der Waals surface area contributed by atoms with Gasteiger partial charge in [-0.2, -0.15) is 0 Å². The van der Waals surface area contributed by atoms with Crippen LogP contribution in [0.2, 0.25) is 0 Å². The maximum Gasteiger partial charge on any atom is 0.151 e. The molecule has 17 heavy (non-hydrogen) atoms. The minimum absolute atomic E-state index is 0.274. The summed E-state index contributed by atoms with van der Waals surface area (Å²) in [7, 11) is -2.80. The van der Waals surface area contributed by atoms with Crippen LogP contribution in [0.5, 0.6) is 0 Å². The summed E-state index contributed by atoms with van der Waals surface area (Å²) in [6, 6.07) is 0. The predicted molar refractivity (Wildman–Crippen MR) is 69.9 cm³/mol. The van der Waals surface area contributed by atoms with Gasteiger partial charge in [-0.15, -0.1) is 0 Å². The van der Waals surface area contributed by atoms with E-state index in [1.165, 1.54) is 19.3 Å². The van der Waals surface area contributed by atoms with Gasteiger partial charge in [0.15, 0.2) is 9.84 Å². The maximum absolute atomic E-state index is 11.5. The van der Waals surface area contributed by atoms with E-state index in [1.54, 1.807) is 6.92 Å². The van der Waals surface area contributed by atoms with Crippen molar-refractivity contribution in [3.05, 3.63) is 0 Å². The van der Waals surface area contributed by atoms with E-state index in [9.17, 15) is 8.42 Å². The third kappa shape index (κ3) is 3.42. The van der Waals surface area contributed by atoms with Crippen molar-refractivity contribution in [1.82, 2.24) is 10.2 Å². The molecule has 2 fully saturated rings. The number of hydrogen-bond donors (Lipinski definition) is 1. The molecule has 0 atom stereocenters. The third-order valence-corrected chi connectivity index (χ3v) is 6.02. The number of sulfone groups is 1.